The maximum Gasteiger partial charge on any atom is 0.156 e. The summed E-state index contributed by atoms with van der Waals surface area (Å²) in [6.07, 6.45) is 9.67. The zero-order chi connectivity index (χ0) is 20.2. The highest BCUT2D eigenvalue weighted by atomic mass is 16.4. The molecule has 4 nitrogen and oxygen atoms in total. The molecular weight excluding hydrogens is 362 g/mol. The van der Waals surface area contributed by atoms with Crippen molar-refractivity contribution in [3.8, 4) is 0 Å². The molecule has 0 aliphatic heterocycles. The van der Waals surface area contributed by atoms with E-state index in [1.807, 2.05) is 18.2 Å². The third-order valence-electron chi connectivity index (χ3n) is 8.23. The molecule has 2 saturated carbocycles. The third-order valence-corrected chi connectivity index (χ3v) is 8.23. The minimum absolute atomic E-state index is 0.0453. The molecule has 5 atom stereocenters. The highest BCUT2D eigenvalue weighted by Gasteiger charge is 2.56. The Bertz CT molecular complexity index is 926. The van der Waals surface area contributed by atoms with Crippen LogP contribution in [0.2, 0.25) is 0 Å². The summed E-state index contributed by atoms with van der Waals surface area (Å²) in [5, 5.41) is 22.8. The van der Waals surface area contributed by atoms with Crippen molar-refractivity contribution >= 4 is 12.0 Å². The van der Waals surface area contributed by atoms with Gasteiger partial charge in [0.1, 0.15) is 0 Å². The first-order chi connectivity index (χ1) is 14.0. The van der Waals surface area contributed by atoms with Crippen LogP contribution in [0, 0.1) is 17.3 Å². The average Bonchev–Trinajstić information content (AvgIpc) is 3.02. The molecule has 5 rings (SSSR count). The first-order valence-electron chi connectivity index (χ1n) is 10.9. The number of ketones is 1. The van der Waals surface area contributed by atoms with Crippen LogP contribution in [-0.2, 0) is 4.79 Å². The summed E-state index contributed by atoms with van der Waals surface area (Å²) < 4.78 is 0. The van der Waals surface area contributed by atoms with Crippen molar-refractivity contribution in [1.29, 1.82) is 0 Å². The lowest BCUT2D eigenvalue weighted by Crippen LogP contribution is -2.45. The lowest BCUT2D eigenvalue weighted by molar-refractivity contribution is -0.114. The number of fused-ring (bicyclic) bond motifs is 4. The number of hydrogen-bond donors (Lipinski definition) is 2. The van der Waals surface area contributed by atoms with Gasteiger partial charge in [-0.1, -0.05) is 41.9 Å². The fourth-order valence-electron chi connectivity index (χ4n) is 6.81. The number of oxime groups is 1. The first-order valence-corrected chi connectivity index (χ1v) is 10.9. The molecular formula is C25H29NO3. The van der Waals surface area contributed by atoms with Crippen LogP contribution in [0.25, 0.3) is 0 Å². The zero-order valence-corrected chi connectivity index (χ0v) is 17.0. The number of nitrogens with zero attached hydrogens (tertiary/aromatic N) is 1. The van der Waals surface area contributed by atoms with Gasteiger partial charge in [0.05, 0.1) is 12.3 Å². The van der Waals surface area contributed by atoms with Gasteiger partial charge in [-0.25, -0.2) is 0 Å². The van der Waals surface area contributed by atoms with Crippen LogP contribution in [0.15, 0.2) is 52.2 Å². The van der Waals surface area contributed by atoms with Gasteiger partial charge in [-0.3, -0.25) is 4.79 Å². The molecule has 1 aromatic rings. The van der Waals surface area contributed by atoms with Gasteiger partial charge in [-0.15, -0.1) is 0 Å². The number of aliphatic hydroxyl groups is 1. The lowest BCUT2D eigenvalue weighted by atomic mass is 9.53. The van der Waals surface area contributed by atoms with Gasteiger partial charge in [-0.05, 0) is 84.1 Å². The predicted octanol–water partition coefficient (Wildman–Crippen LogP) is 4.76. The minimum atomic E-state index is -0.229. The summed E-state index contributed by atoms with van der Waals surface area (Å²) in [7, 11) is 0. The SMILES string of the molecule is C[C@]12C[C@H](c3ccc(/C=N/O)cc3)C3=C4CCC(=O)C=C4CCC3C1CC[C@@H]2O. The maximum absolute atomic E-state index is 12.0. The van der Waals surface area contributed by atoms with Crippen LogP contribution in [-0.4, -0.2) is 28.4 Å². The monoisotopic (exact) mass is 391 g/mol. The minimum Gasteiger partial charge on any atom is -0.411 e. The standard InChI is InChI=1S/C25H29NO3/c1-25-13-21(16-4-2-15(3-5-16)14-26-29)24-19-9-7-18(27)12-17(19)6-8-20(24)22(25)10-11-23(25)28/h2-5,12,14,20-23,28-29H,6-11,13H2,1H3/b26-14+/t20?,21-,22?,23+,25+/m1/s1. The zero-order valence-electron chi connectivity index (χ0n) is 17.0. The van der Waals surface area contributed by atoms with E-state index in [0.717, 1.165) is 44.1 Å². The molecule has 4 aliphatic carbocycles. The Morgan fingerprint density at radius 2 is 1.90 bits per heavy atom. The fourth-order valence-corrected chi connectivity index (χ4v) is 6.81. The largest absolute Gasteiger partial charge is 0.411 e. The van der Waals surface area contributed by atoms with Gasteiger partial charge in [0.2, 0.25) is 0 Å². The molecule has 0 spiro atoms. The van der Waals surface area contributed by atoms with Crippen molar-refractivity contribution in [2.75, 3.05) is 0 Å². The molecule has 1 aromatic carbocycles. The molecule has 4 heteroatoms. The summed E-state index contributed by atoms with van der Waals surface area (Å²) in [6.45, 7) is 2.30. The summed E-state index contributed by atoms with van der Waals surface area (Å²) in [6, 6.07) is 8.28. The Morgan fingerprint density at radius 3 is 2.66 bits per heavy atom. The first kappa shape index (κ1) is 18.8. The number of benzene rings is 1. The van der Waals surface area contributed by atoms with Gasteiger partial charge >= 0.3 is 0 Å². The van der Waals surface area contributed by atoms with Crippen LogP contribution in [0.5, 0.6) is 0 Å². The van der Waals surface area contributed by atoms with Crippen molar-refractivity contribution in [3.05, 3.63) is 58.2 Å². The highest BCUT2D eigenvalue weighted by Crippen LogP contribution is 2.63. The number of hydrogen-bond acceptors (Lipinski definition) is 4. The summed E-state index contributed by atoms with van der Waals surface area (Å²) in [5.41, 5.74) is 6.36. The van der Waals surface area contributed by atoms with Crippen LogP contribution < -0.4 is 0 Å². The number of rotatable bonds is 2. The van der Waals surface area contributed by atoms with Crippen LogP contribution in [0.1, 0.15) is 68.9 Å². The molecule has 29 heavy (non-hydrogen) atoms. The molecule has 2 N–H and O–H groups in total. The Morgan fingerprint density at radius 1 is 1.10 bits per heavy atom. The summed E-state index contributed by atoms with van der Waals surface area (Å²) >= 11 is 0. The second kappa shape index (κ2) is 6.94. The Balaban J connectivity index is 1.64. The Kier molecular flexibility index (Phi) is 4.50. The maximum atomic E-state index is 12.0. The van der Waals surface area contributed by atoms with Crippen molar-refractivity contribution in [1.82, 2.24) is 0 Å². The highest BCUT2D eigenvalue weighted by molar-refractivity contribution is 5.93. The molecule has 152 valence electrons. The third kappa shape index (κ3) is 2.92. The van der Waals surface area contributed by atoms with E-state index in [1.165, 1.54) is 22.9 Å². The van der Waals surface area contributed by atoms with E-state index in [9.17, 15) is 9.90 Å². The topological polar surface area (TPSA) is 69.9 Å². The lowest BCUT2D eigenvalue weighted by Gasteiger charge is -2.52. The van der Waals surface area contributed by atoms with E-state index >= 15 is 0 Å². The number of aliphatic hydroxyl groups excluding tert-OH is 1. The summed E-state index contributed by atoms with van der Waals surface area (Å²) in [5.74, 6) is 1.59. The molecule has 0 bridgehead atoms. The number of allylic oxidation sites excluding steroid dienone is 4. The summed E-state index contributed by atoms with van der Waals surface area (Å²) in [4.78, 5) is 12.0. The molecule has 2 unspecified atom stereocenters. The smallest absolute Gasteiger partial charge is 0.156 e. The van der Waals surface area contributed by atoms with E-state index in [0.29, 0.717) is 18.3 Å². The van der Waals surface area contributed by atoms with Crippen LogP contribution in [0.4, 0.5) is 0 Å². The molecule has 0 heterocycles. The van der Waals surface area contributed by atoms with Crippen molar-refractivity contribution in [3.63, 3.8) is 0 Å². The normalized spacial score (nSPS) is 36.6. The molecule has 0 saturated heterocycles. The van der Waals surface area contributed by atoms with E-state index in [4.69, 9.17) is 5.21 Å². The van der Waals surface area contributed by atoms with Crippen molar-refractivity contribution in [2.24, 2.45) is 22.4 Å². The second-order valence-corrected chi connectivity index (χ2v) is 9.59. The van der Waals surface area contributed by atoms with E-state index in [1.54, 1.807) is 5.57 Å². The van der Waals surface area contributed by atoms with Crippen LogP contribution >= 0.6 is 0 Å². The van der Waals surface area contributed by atoms with Crippen molar-refractivity contribution in [2.45, 2.75) is 63.9 Å². The van der Waals surface area contributed by atoms with Gasteiger partial charge in [0, 0.05) is 12.3 Å². The van der Waals surface area contributed by atoms with Gasteiger partial charge < -0.3 is 10.3 Å². The van der Waals surface area contributed by atoms with Crippen LogP contribution in [0.3, 0.4) is 0 Å². The number of carbonyl (C=O) groups is 1. The predicted molar refractivity (Wildman–Crippen MR) is 112 cm³/mol. The fraction of sp³-hybridized carbons (Fsp3) is 0.520. The molecule has 0 aromatic heterocycles. The molecule has 4 aliphatic rings. The molecule has 0 radical (unpaired) electrons. The molecule has 0 amide bonds. The van der Waals surface area contributed by atoms with E-state index < -0.39 is 0 Å². The average molecular weight is 392 g/mol. The Labute approximate surface area is 172 Å². The van der Waals surface area contributed by atoms with Gasteiger partial charge in [0.25, 0.3) is 0 Å². The second-order valence-electron chi connectivity index (χ2n) is 9.59. The van der Waals surface area contributed by atoms with Gasteiger partial charge in [-0.2, -0.15) is 0 Å². The van der Waals surface area contributed by atoms with Gasteiger partial charge in [0.15, 0.2) is 5.78 Å². The van der Waals surface area contributed by atoms with Crippen molar-refractivity contribution < 1.29 is 15.1 Å². The number of carbonyl (C=O) groups excluding carboxylic acids is 1. The van der Waals surface area contributed by atoms with E-state index in [2.05, 4.69) is 24.2 Å². The van der Waals surface area contributed by atoms with E-state index in [-0.39, 0.29) is 23.2 Å². The Hall–Kier alpha value is -2.20. The molecule has 2 fully saturated rings. The quantitative estimate of drug-likeness (QED) is 0.434.